The molecular formula is C21H18N4O7. The Morgan fingerprint density at radius 2 is 1.81 bits per heavy atom. The van der Waals surface area contributed by atoms with Gasteiger partial charge in [0.25, 0.3) is 5.56 Å². The lowest BCUT2D eigenvalue weighted by Gasteiger charge is -2.12. The highest BCUT2D eigenvalue weighted by atomic mass is 16.4. The number of aromatic hydroxyl groups is 2. The van der Waals surface area contributed by atoms with Crippen LogP contribution in [0.5, 0.6) is 11.6 Å². The number of anilines is 1. The van der Waals surface area contributed by atoms with Gasteiger partial charge in [0.1, 0.15) is 16.9 Å². The molecule has 0 fully saturated rings. The quantitative estimate of drug-likeness (QED) is 0.305. The number of H-pyrrole nitrogens is 1. The van der Waals surface area contributed by atoms with Gasteiger partial charge in [-0.2, -0.15) is 0 Å². The number of amides is 2. The van der Waals surface area contributed by atoms with Crippen LogP contribution in [0.4, 0.5) is 10.5 Å². The van der Waals surface area contributed by atoms with Crippen LogP contribution in [-0.2, 0) is 0 Å². The largest absolute Gasteiger partial charge is 0.507 e. The molecule has 3 aromatic rings. The van der Waals surface area contributed by atoms with Gasteiger partial charge < -0.3 is 20.6 Å². The maximum absolute atomic E-state index is 12.3. The molecule has 0 saturated heterocycles. The summed E-state index contributed by atoms with van der Waals surface area (Å²) in [5, 5.41) is 31.4. The first-order valence-corrected chi connectivity index (χ1v) is 9.15. The number of nitrogens with zero attached hydrogens (tertiary/aromatic N) is 2. The number of aromatic carboxylic acids is 1. The van der Waals surface area contributed by atoms with E-state index in [9.17, 15) is 29.4 Å². The molecule has 0 spiro atoms. The summed E-state index contributed by atoms with van der Waals surface area (Å²) in [6, 6.07) is 7.48. The highest BCUT2D eigenvalue weighted by Crippen LogP contribution is 2.22. The molecule has 0 aliphatic heterocycles. The Balaban J connectivity index is 1.94. The van der Waals surface area contributed by atoms with Crippen LogP contribution in [0, 0.1) is 13.8 Å². The van der Waals surface area contributed by atoms with E-state index < -0.39 is 46.0 Å². The number of hydrogen-bond donors (Lipinski definition) is 5. The maximum atomic E-state index is 12.3. The van der Waals surface area contributed by atoms with E-state index in [1.807, 2.05) is 6.92 Å². The number of aromatic amines is 1. The number of carboxylic acids is 1. The zero-order chi connectivity index (χ0) is 23.6. The lowest BCUT2D eigenvalue weighted by Crippen LogP contribution is -2.31. The van der Waals surface area contributed by atoms with E-state index in [0.717, 1.165) is 28.5 Å². The van der Waals surface area contributed by atoms with Gasteiger partial charge in [-0.3, -0.25) is 9.78 Å². The Morgan fingerprint density at radius 1 is 1.09 bits per heavy atom. The monoisotopic (exact) mass is 438 g/mol. The highest BCUT2D eigenvalue weighted by molar-refractivity contribution is 6.00. The summed E-state index contributed by atoms with van der Waals surface area (Å²) in [7, 11) is 0. The molecule has 3 rings (SSSR count). The fourth-order valence-electron chi connectivity index (χ4n) is 3.00. The van der Waals surface area contributed by atoms with Gasteiger partial charge in [-0.1, -0.05) is 17.7 Å². The molecule has 0 bridgehead atoms. The maximum Gasteiger partial charge on any atom is 0.345 e. The van der Waals surface area contributed by atoms with Crippen LogP contribution in [0.2, 0.25) is 0 Å². The second kappa shape index (κ2) is 8.60. The van der Waals surface area contributed by atoms with Crippen molar-refractivity contribution in [2.75, 3.05) is 5.32 Å². The third-order valence-electron chi connectivity index (χ3n) is 4.50. The average Bonchev–Trinajstić information content (AvgIpc) is 2.70. The number of hydrogen-bond acceptors (Lipinski definition) is 6. The number of aromatic nitrogens is 2. The summed E-state index contributed by atoms with van der Waals surface area (Å²) in [6.45, 7) is 3.58. The normalized spacial score (nSPS) is 10.9. The number of aliphatic imine (C=N–C) groups is 1. The molecule has 0 atom stereocenters. The van der Waals surface area contributed by atoms with E-state index in [0.29, 0.717) is 11.3 Å². The molecule has 0 aliphatic carbocycles. The van der Waals surface area contributed by atoms with Crippen molar-refractivity contribution in [3.05, 3.63) is 79.5 Å². The van der Waals surface area contributed by atoms with Crippen LogP contribution in [0.25, 0.3) is 5.69 Å². The summed E-state index contributed by atoms with van der Waals surface area (Å²) < 4.78 is 0.883. The zero-order valence-electron chi connectivity index (χ0n) is 16.9. The van der Waals surface area contributed by atoms with Crippen molar-refractivity contribution < 1.29 is 24.9 Å². The van der Waals surface area contributed by atoms with Crippen LogP contribution < -0.4 is 16.6 Å². The third kappa shape index (κ3) is 4.41. The fraction of sp³-hybridized carbons (Fsp3) is 0.0952. The second-order valence-corrected chi connectivity index (χ2v) is 6.85. The Morgan fingerprint density at radius 3 is 2.47 bits per heavy atom. The molecule has 11 nitrogen and oxygen atoms in total. The topological polar surface area (TPSA) is 174 Å². The summed E-state index contributed by atoms with van der Waals surface area (Å²) in [4.78, 5) is 53.2. The van der Waals surface area contributed by atoms with Crippen molar-refractivity contribution in [2.24, 2.45) is 4.99 Å². The number of rotatable bonds is 4. The lowest BCUT2D eigenvalue weighted by molar-refractivity contribution is 0.0693. The number of benzene rings is 2. The Labute approximate surface area is 179 Å². The summed E-state index contributed by atoms with van der Waals surface area (Å²) in [5.74, 6) is -2.59. The number of carboxylic acid groups (broad SMARTS) is 1. The Kier molecular flexibility index (Phi) is 5.92. The van der Waals surface area contributed by atoms with Crippen molar-refractivity contribution in [3.8, 4) is 17.3 Å². The minimum absolute atomic E-state index is 0.0285. The minimum Gasteiger partial charge on any atom is -0.507 e. The van der Waals surface area contributed by atoms with Crippen LogP contribution in [-0.4, -0.2) is 43.1 Å². The number of aryl methyl sites for hydroxylation is 2. The van der Waals surface area contributed by atoms with Gasteiger partial charge in [-0.05, 0) is 43.7 Å². The van der Waals surface area contributed by atoms with E-state index in [1.165, 1.54) is 6.07 Å². The minimum atomic E-state index is -1.40. The van der Waals surface area contributed by atoms with Crippen molar-refractivity contribution in [1.29, 1.82) is 0 Å². The van der Waals surface area contributed by atoms with E-state index in [1.54, 1.807) is 25.1 Å². The number of phenols is 1. The van der Waals surface area contributed by atoms with Crippen molar-refractivity contribution in [2.45, 2.75) is 13.8 Å². The number of carbonyl (C=O) groups excluding carboxylic acids is 1. The molecule has 1 heterocycles. The molecule has 5 N–H and O–H groups in total. The molecule has 1 aromatic heterocycles. The van der Waals surface area contributed by atoms with Gasteiger partial charge >= 0.3 is 17.7 Å². The molecular weight excluding hydrogens is 420 g/mol. The van der Waals surface area contributed by atoms with E-state index >= 15 is 0 Å². The van der Waals surface area contributed by atoms with Crippen LogP contribution in [0.1, 0.15) is 27.0 Å². The molecule has 0 saturated carbocycles. The van der Waals surface area contributed by atoms with Gasteiger partial charge in [0, 0.05) is 5.69 Å². The first-order valence-electron chi connectivity index (χ1n) is 9.15. The van der Waals surface area contributed by atoms with Gasteiger partial charge in [-0.15, -0.1) is 0 Å². The average molecular weight is 438 g/mol. The SMILES string of the molecule is Cc1ccc(-n2c(O)c(C=NC(=O)Nc3ccc(O)c(C(=O)O)c3)c(=O)[nH]c2=O)c(C)c1. The molecule has 11 heteroatoms. The molecule has 2 amide bonds. The molecule has 0 radical (unpaired) electrons. The fourth-order valence-corrected chi connectivity index (χ4v) is 3.00. The number of carbonyl (C=O) groups is 2. The Hall–Kier alpha value is -4.67. The predicted octanol–water partition coefficient (Wildman–Crippen LogP) is 1.90. The molecule has 164 valence electrons. The second-order valence-electron chi connectivity index (χ2n) is 6.85. The predicted molar refractivity (Wildman–Crippen MR) is 115 cm³/mol. The number of nitrogens with one attached hydrogen (secondary N) is 2. The standard InChI is InChI=1S/C21H18N4O7/c1-10-3-5-15(11(2)7-10)25-18(28)14(17(27)24-21(25)32)9-22-20(31)23-12-4-6-16(26)13(8-12)19(29)30/h3-9,26,28H,1-2H3,(H,23,31)(H,29,30)(H,24,27,32). The molecule has 32 heavy (non-hydrogen) atoms. The van der Waals surface area contributed by atoms with E-state index in [-0.39, 0.29) is 5.69 Å². The van der Waals surface area contributed by atoms with Gasteiger partial charge in [0.15, 0.2) is 0 Å². The summed E-state index contributed by atoms with van der Waals surface area (Å²) >= 11 is 0. The summed E-state index contributed by atoms with van der Waals surface area (Å²) in [6.07, 6.45) is 0.779. The number of urea groups is 1. The van der Waals surface area contributed by atoms with Crippen molar-refractivity contribution >= 4 is 23.9 Å². The summed E-state index contributed by atoms with van der Waals surface area (Å²) in [5.41, 5.74) is -0.731. The highest BCUT2D eigenvalue weighted by Gasteiger charge is 2.16. The molecule has 0 unspecified atom stereocenters. The smallest absolute Gasteiger partial charge is 0.345 e. The van der Waals surface area contributed by atoms with E-state index in [2.05, 4.69) is 15.3 Å². The van der Waals surface area contributed by atoms with Gasteiger partial charge in [0.2, 0.25) is 5.88 Å². The van der Waals surface area contributed by atoms with Crippen LogP contribution >= 0.6 is 0 Å². The first kappa shape index (κ1) is 22.0. The van der Waals surface area contributed by atoms with Crippen molar-refractivity contribution in [1.82, 2.24) is 9.55 Å². The molecule has 0 aliphatic rings. The third-order valence-corrected chi connectivity index (χ3v) is 4.50. The first-order chi connectivity index (χ1) is 15.1. The van der Waals surface area contributed by atoms with Crippen molar-refractivity contribution in [3.63, 3.8) is 0 Å². The van der Waals surface area contributed by atoms with Crippen LogP contribution in [0.3, 0.4) is 0 Å². The zero-order valence-corrected chi connectivity index (χ0v) is 16.9. The van der Waals surface area contributed by atoms with Gasteiger partial charge in [0.05, 0.1) is 11.9 Å². The molecule has 2 aromatic carbocycles. The van der Waals surface area contributed by atoms with Crippen LogP contribution in [0.15, 0.2) is 51.0 Å². The van der Waals surface area contributed by atoms with Gasteiger partial charge in [-0.25, -0.2) is 23.9 Å². The Bertz CT molecular complexity index is 1390. The lowest BCUT2D eigenvalue weighted by atomic mass is 10.1. The van der Waals surface area contributed by atoms with E-state index in [4.69, 9.17) is 5.11 Å².